The number of aldehydes is 1. The molecule has 0 heterocycles. The third-order valence-corrected chi connectivity index (χ3v) is 2.09. The standard InChI is InChI=1S/C9H14O2/c10-7-1-2-8-3-5-9(11)6-4-8/h3,5,7-9,11H,1-2,4,6H2. The molecule has 0 saturated heterocycles. The van der Waals surface area contributed by atoms with Gasteiger partial charge in [-0.2, -0.15) is 0 Å². The van der Waals surface area contributed by atoms with Crippen LogP contribution in [0.25, 0.3) is 0 Å². The van der Waals surface area contributed by atoms with Crippen LogP contribution in [-0.4, -0.2) is 17.5 Å². The van der Waals surface area contributed by atoms with Gasteiger partial charge in [0.15, 0.2) is 0 Å². The Balaban J connectivity index is 2.26. The molecule has 62 valence electrons. The molecule has 2 nitrogen and oxygen atoms in total. The summed E-state index contributed by atoms with van der Waals surface area (Å²) in [6.07, 6.45) is 8.02. The number of carbonyl (C=O) groups is 1. The van der Waals surface area contributed by atoms with Gasteiger partial charge in [-0.15, -0.1) is 0 Å². The predicted molar refractivity (Wildman–Crippen MR) is 43.2 cm³/mol. The summed E-state index contributed by atoms with van der Waals surface area (Å²) in [7, 11) is 0. The largest absolute Gasteiger partial charge is 0.389 e. The number of rotatable bonds is 3. The fourth-order valence-electron chi connectivity index (χ4n) is 1.39. The monoisotopic (exact) mass is 154 g/mol. The second-order valence-electron chi connectivity index (χ2n) is 3.03. The van der Waals surface area contributed by atoms with E-state index in [1.54, 1.807) is 0 Å². The Morgan fingerprint density at radius 2 is 2.27 bits per heavy atom. The lowest BCUT2D eigenvalue weighted by Gasteiger charge is -2.18. The van der Waals surface area contributed by atoms with Crippen molar-refractivity contribution >= 4 is 6.29 Å². The first-order valence-corrected chi connectivity index (χ1v) is 4.13. The van der Waals surface area contributed by atoms with Crippen LogP contribution in [0.2, 0.25) is 0 Å². The molecule has 0 amide bonds. The van der Waals surface area contributed by atoms with Crippen LogP contribution in [0.4, 0.5) is 0 Å². The van der Waals surface area contributed by atoms with Crippen LogP contribution < -0.4 is 0 Å². The smallest absolute Gasteiger partial charge is 0.120 e. The van der Waals surface area contributed by atoms with Gasteiger partial charge in [-0.3, -0.25) is 0 Å². The first kappa shape index (κ1) is 8.47. The average Bonchev–Trinajstić information content (AvgIpc) is 2.04. The van der Waals surface area contributed by atoms with Crippen LogP contribution in [0, 0.1) is 5.92 Å². The van der Waals surface area contributed by atoms with Crippen LogP contribution in [0.3, 0.4) is 0 Å². The second kappa shape index (κ2) is 4.29. The Morgan fingerprint density at radius 3 is 2.82 bits per heavy atom. The van der Waals surface area contributed by atoms with Crippen molar-refractivity contribution in [1.82, 2.24) is 0 Å². The number of aliphatic hydroxyl groups is 1. The zero-order chi connectivity index (χ0) is 8.10. The molecule has 1 N–H and O–H groups in total. The zero-order valence-electron chi connectivity index (χ0n) is 6.57. The topological polar surface area (TPSA) is 37.3 Å². The van der Waals surface area contributed by atoms with E-state index in [1.807, 2.05) is 12.2 Å². The van der Waals surface area contributed by atoms with E-state index in [-0.39, 0.29) is 6.10 Å². The third-order valence-electron chi connectivity index (χ3n) is 2.09. The van der Waals surface area contributed by atoms with Crippen molar-refractivity contribution in [2.24, 2.45) is 5.92 Å². The molecule has 0 radical (unpaired) electrons. The van der Waals surface area contributed by atoms with Gasteiger partial charge in [0.25, 0.3) is 0 Å². The molecule has 2 heteroatoms. The predicted octanol–water partition coefficient (Wildman–Crippen LogP) is 1.29. The highest BCUT2D eigenvalue weighted by molar-refractivity contribution is 5.49. The molecule has 1 aliphatic rings. The molecule has 0 aliphatic heterocycles. The highest BCUT2D eigenvalue weighted by Crippen LogP contribution is 2.21. The van der Waals surface area contributed by atoms with Crippen LogP contribution in [0.1, 0.15) is 25.7 Å². The maximum Gasteiger partial charge on any atom is 0.120 e. The summed E-state index contributed by atoms with van der Waals surface area (Å²) < 4.78 is 0. The molecule has 2 atom stereocenters. The van der Waals surface area contributed by atoms with Gasteiger partial charge in [-0.05, 0) is 25.2 Å². The Labute approximate surface area is 66.9 Å². The normalized spacial score (nSPS) is 30.3. The van der Waals surface area contributed by atoms with Crippen molar-refractivity contribution < 1.29 is 9.90 Å². The Bertz CT molecular complexity index is 152. The molecule has 2 unspecified atom stereocenters. The van der Waals surface area contributed by atoms with Crippen LogP contribution in [-0.2, 0) is 4.79 Å². The quantitative estimate of drug-likeness (QED) is 0.491. The number of allylic oxidation sites excluding steroid dienone is 1. The van der Waals surface area contributed by atoms with E-state index in [0.29, 0.717) is 12.3 Å². The molecule has 0 aromatic heterocycles. The van der Waals surface area contributed by atoms with Gasteiger partial charge in [0.1, 0.15) is 6.29 Å². The maximum absolute atomic E-state index is 10.0. The van der Waals surface area contributed by atoms with E-state index >= 15 is 0 Å². The van der Waals surface area contributed by atoms with E-state index in [9.17, 15) is 4.79 Å². The fourth-order valence-corrected chi connectivity index (χ4v) is 1.39. The molecule has 0 saturated carbocycles. The first-order chi connectivity index (χ1) is 5.33. The van der Waals surface area contributed by atoms with E-state index < -0.39 is 0 Å². The lowest BCUT2D eigenvalue weighted by Crippen LogP contribution is -2.12. The number of hydrogen-bond acceptors (Lipinski definition) is 2. The molecule has 1 rings (SSSR count). The summed E-state index contributed by atoms with van der Waals surface area (Å²) in [5, 5.41) is 9.10. The van der Waals surface area contributed by atoms with Gasteiger partial charge in [0.05, 0.1) is 6.10 Å². The molecule has 0 aromatic carbocycles. The number of carbonyl (C=O) groups excluding carboxylic acids is 1. The molecular weight excluding hydrogens is 140 g/mol. The van der Waals surface area contributed by atoms with Crippen LogP contribution >= 0.6 is 0 Å². The summed E-state index contributed by atoms with van der Waals surface area (Å²) in [5.74, 6) is 0.517. The summed E-state index contributed by atoms with van der Waals surface area (Å²) in [5.41, 5.74) is 0. The molecular formula is C9H14O2. The zero-order valence-corrected chi connectivity index (χ0v) is 6.57. The average molecular weight is 154 g/mol. The Kier molecular flexibility index (Phi) is 3.30. The summed E-state index contributed by atoms with van der Waals surface area (Å²) in [6, 6.07) is 0. The van der Waals surface area contributed by atoms with Crippen molar-refractivity contribution in [2.45, 2.75) is 31.8 Å². The van der Waals surface area contributed by atoms with Gasteiger partial charge in [0, 0.05) is 6.42 Å². The summed E-state index contributed by atoms with van der Waals surface area (Å²) in [6.45, 7) is 0. The first-order valence-electron chi connectivity index (χ1n) is 4.13. The highest BCUT2D eigenvalue weighted by atomic mass is 16.3. The molecule has 11 heavy (non-hydrogen) atoms. The van der Waals surface area contributed by atoms with E-state index in [4.69, 9.17) is 5.11 Å². The van der Waals surface area contributed by atoms with Crippen molar-refractivity contribution in [3.05, 3.63) is 12.2 Å². The van der Waals surface area contributed by atoms with Crippen molar-refractivity contribution in [2.75, 3.05) is 0 Å². The maximum atomic E-state index is 10.0. The minimum atomic E-state index is -0.248. The van der Waals surface area contributed by atoms with Gasteiger partial charge < -0.3 is 9.90 Å². The minimum absolute atomic E-state index is 0.248. The molecule has 0 fully saturated rings. The lowest BCUT2D eigenvalue weighted by molar-refractivity contribution is -0.108. The SMILES string of the molecule is O=CCCC1C=CC(O)CC1. The molecule has 1 aliphatic carbocycles. The Morgan fingerprint density at radius 1 is 1.45 bits per heavy atom. The van der Waals surface area contributed by atoms with E-state index in [2.05, 4.69) is 0 Å². The van der Waals surface area contributed by atoms with E-state index in [0.717, 1.165) is 25.5 Å². The fraction of sp³-hybridized carbons (Fsp3) is 0.667. The summed E-state index contributed by atoms with van der Waals surface area (Å²) >= 11 is 0. The van der Waals surface area contributed by atoms with Gasteiger partial charge in [-0.25, -0.2) is 0 Å². The number of aliphatic hydroxyl groups excluding tert-OH is 1. The second-order valence-corrected chi connectivity index (χ2v) is 3.03. The van der Waals surface area contributed by atoms with Crippen molar-refractivity contribution in [1.29, 1.82) is 0 Å². The van der Waals surface area contributed by atoms with Gasteiger partial charge in [0.2, 0.25) is 0 Å². The molecule has 0 bridgehead atoms. The summed E-state index contributed by atoms with van der Waals surface area (Å²) in [4.78, 5) is 10.0. The van der Waals surface area contributed by atoms with Crippen LogP contribution in [0.15, 0.2) is 12.2 Å². The van der Waals surface area contributed by atoms with Gasteiger partial charge in [-0.1, -0.05) is 12.2 Å². The third kappa shape index (κ3) is 2.85. The molecule has 0 spiro atoms. The lowest BCUT2D eigenvalue weighted by atomic mass is 9.91. The van der Waals surface area contributed by atoms with Crippen molar-refractivity contribution in [3.8, 4) is 0 Å². The minimum Gasteiger partial charge on any atom is -0.389 e. The Hall–Kier alpha value is -0.630. The number of hydrogen-bond donors (Lipinski definition) is 1. The molecule has 0 aromatic rings. The van der Waals surface area contributed by atoms with Crippen molar-refractivity contribution in [3.63, 3.8) is 0 Å². The van der Waals surface area contributed by atoms with Gasteiger partial charge >= 0.3 is 0 Å². The van der Waals surface area contributed by atoms with E-state index in [1.165, 1.54) is 0 Å². The highest BCUT2D eigenvalue weighted by Gasteiger charge is 2.12. The van der Waals surface area contributed by atoms with Crippen LogP contribution in [0.5, 0.6) is 0 Å².